The molecular weight excluding hydrogens is 266 g/mol. The van der Waals surface area contributed by atoms with Gasteiger partial charge in [-0.15, -0.1) is 0 Å². The number of nitrogens with zero attached hydrogens (tertiary/aromatic N) is 1. The Morgan fingerprint density at radius 2 is 2.05 bits per heavy atom. The summed E-state index contributed by atoms with van der Waals surface area (Å²) < 4.78 is 5.46. The van der Waals surface area contributed by atoms with Crippen molar-refractivity contribution in [3.63, 3.8) is 0 Å². The highest BCUT2D eigenvalue weighted by Gasteiger charge is 2.03. The summed E-state index contributed by atoms with van der Waals surface area (Å²) in [5.74, 6) is 0.492. The molecule has 1 heterocycles. The van der Waals surface area contributed by atoms with E-state index >= 15 is 0 Å². The van der Waals surface area contributed by atoms with Crippen molar-refractivity contribution in [3.8, 4) is 11.3 Å². The zero-order valence-electron chi connectivity index (χ0n) is 12.4. The molecular formula is C16H21N3O2. The molecule has 0 aliphatic carbocycles. The number of hydrogen-bond donors (Lipinski definition) is 2. The van der Waals surface area contributed by atoms with Crippen molar-refractivity contribution in [1.29, 1.82) is 0 Å². The summed E-state index contributed by atoms with van der Waals surface area (Å²) in [6.45, 7) is 5.41. The van der Waals surface area contributed by atoms with E-state index in [0.717, 1.165) is 12.0 Å². The van der Waals surface area contributed by atoms with E-state index in [4.69, 9.17) is 4.74 Å². The van der Waals surface area contributed by atoms with Crippen LogP contribution in [0, 0.1) is 0 Å². The van der Waals surface area contributed by atoms with Gasteiger partial charge in [-0.2, -0.15) is 0 Å². The number of H-pyrrole nitrogens is 1. The Morgan fingerprint density at radius 1 is 1.29 bits per heavy atom. The fraction of sp³-hybridized carbons (Fsp3) is 0.375. The highest BCUT2D eigenvalue weighted by molar-refractivity contribution is 5.59. The average molecular weight is 287 g/mol. The van der Waals surface area contributed by atoms with Crippen molar-refractivity contribution < 1.29 is 4.74 Å². The molecule has 0 radical (unpaired) electrons. The fourth-order valence-corrected chi connectivity index (χ4v) is 1.90. The van der Waals surface area contributed by atoms with Crippen LogP contribution in [0.4, 0.5) is 5.95 Å². The van der Waals surface area contributed by atoms with E-state index in [2.05, 4.69) is 15.3 Å². The molecule has 0 unspecified atom stereocenters. The highest BCUT2D eigenvalue weighted by atomic mass is 16.5. The molecule has 21 heavy (non-hydrogen) atoms. The maximum atomic E-state index is 11.7. The van der Waals surface area contributed by atoms with Gasteiger partial charge in [-0.1, -0.05) is 30.3 Å². The summed E-state index contributed by atoms with van der Waals surface area (Å²) in [6, 6.07) is 11.2. The first kappa shape index (κ1) is 15.3. The Labute approximate surface area is 124 Å². The zero-order chi connectivity index (χ0) is 15.1. The van der Waals surface area contributed by atoms with Gasteiger partial charge in [-0.3, -0.25) is 9.78 Å². The van der Waals surface area contributed by atoms with Crippen LogP contribution in [-0.4, -0.2) is 29.2 Å². The molecule has 0 amide bonds. The van der Waals surface area contributed by atoms with Crippen LogP contribution in [-0.2, 0) is 4.74 Å². The number of nitrogens with one attached hydrogen (secondary N) is 2. The van der Waals surface area contributed by atoms with Crippen LogP contribution < -0.4 is 10.9 Å². The van der Waals surface area contributed by atoms with Crippen LogP contribution in [0.15, 0.2) is 41.2 Å². The average Bonchev–Trinajstić information content (AvgIpc) is 2.47. The molecule has 0 fully saturated rings. The Morgan fingerprint density at radius 3 is 2.76 bits per heavy atom. The molecule has 2 N–H and O–H groups in total. The summed E-state index contributed by atoms with van der Waals surface area (Å²) >= 11 is 0. The van der Waals surface area contributed by atoms with Gasteiger partial charge in [0.2, 0.25) is 5.95 Å². The van der Waals surface area contributed by atoms with Crippen LogP contribution in [0.1, 0.15) is 20.3 Å². The van der Waals surface area contributed by atoms with Gasteiger partial charge in [0, 0.05) is 24.8 Å². The Bertz CT molecular complexity index is 608. The van der Waals surface area contributed by atoms with Gasteiger partial charge >= 0.3 is 0 Å². The van der Waals surface area contributed by atoms with Crippen molar-refractivity contribution in [2.24, 2.45) is 0 Å². The summed E-state index contributed by atoms with van der Waals surface area (Å²) in [5, 5.41) is 3.12. The van der Waals surface area contributed by atoms with Gasteiger partial charge in [0.1, 0.15) is 0 Å². The normalized spacial score (nSPS) is 10.8. The molecule has 1 aromatic carbocycles. The number of ether oxygens (including phenoxy) is 1. The molecule has 0 aliphatic rings. The summed E-state index contributed by atoms with van der Waals surface area (Å²) in [4.78, 5) is 18.8. The first-order valence-electron chi connectivity index (χ1n) is 7.17. The predicted octanol–water partition coefficient (Wildman–Crippen LogP) is 2.66. The SMILES string of the molecule is CC(C)OCCCNc1nc(-c2ccccc2)cc(=O)[nH]1. The molecule has 0 atom stereocenters. The monoisotopic (exact) mass is 287 g/mol. The van der Waals surface area contributed by atoms with E-state index < -0.39 is 0 Å². The largest absolute Gasteiger partial charge is 0.379 e. The van der Waals surface area contributed by atoms with Gasteiger partial charge in [-0.25, -0.2) is 4.98 Å². The van der Waals surface area contributed by atoms with Gasteiger partial charge in [0.25, 0.3) is 5.56 Å². The summed E-state index contributed by atoms with van der Waals surface area (Å²) in [5.41, 5.74) is 1.43. The minimum atomic E-state index is -0.162. The molecule has 5 nitrogen and oxygen atoms in total. The first-order chi connectivity index (χ1) is 10.1. The second-order valence-corrected chi connectivity index (χ2v) is 5.05. The van der Waals surface area contributed by atoms with Crippen LogP contribution in [0.5, 0.6) is 0 Å². The van der Waals surface area contributed by atoms with E-state index in [-0.39, 0.29) is 11.7 Å². The number of aromatic amines is 1. The lowest BCUT2D eigenvalue weighted by Crippen LogP contribution is -2.15. The summed E-state index contributed by atoms with van der Waals surface area (Å²) in [6.07, 6.45) is 1.10. The number of hydrogen-bond acceptors (Lipinski definition) is 4. The third-order valence-corrected chi connectivity index (χ3v) is 2.88. The Kier molecular flexibility index (Phi) is 5.51. The molecule has 112 valence electrons. The Balaban J connectivity index is 1.98. The van der Waals surface area contributed by atoms with Gasteiger partial charge in [-0.05, 0) is 20.3 Å². The maximum Gasteiger partial charge on any atom is 0.252 e. The molecule has 0 saturated carbocycles. The Hall–Kier alpha value is -2.14. The van der Waals surface area contributed by atoms with Crippen molar-refractivity contribution >= 4 is 5.95 Å². The number of benzene rings is 1. The van der Waals surface area contributed by atoms with Crippen molar-refractivity contribution in [2.75, 3.05) is 18.5 Å². The van der Waals surface area contributed by atoms with Crippen molar-refractivity contribution in [1.82, 2.24) is 9.97 Å². The molecule has 2 aromatic rings. The van der Waals surface area contributed by atoms with Crippen molar-refractivity contribution in [3.05, 3.63) is 46.8 Å². The predicted molar refractivity (Wildman–Crippen MR) is 84.5 cm³/mol. The maximum absolute atomic E-state index is 11.7. The molecule has 5 heteroatoms. The van der Waals surface area contributed by atoms with Gasteiger partial charge in [0.15, 0.2) is 0 Å². The van der Waals surface area contributed by atoms with Crippen LogP contribution in [0.3, 0.4) is 0 Å². The minimum absolute atomic E-state index is 0.162. The van der Waals surface area contributed by atoms with Crippen LogP contribution in [0.2, 0.25) is 0 Å². The zero-order valence-corrected chi connectivity index (χ0v) is 12.4. The quantitative estimate of drug-likeness (QED) is 0.768. The fourth-order valence-electron chi connectivity index (χ4n) is 1.90. The second-order valence-electron chi connectivity index (χ2n) is 5.05. The molecule has 0 aliphatic heterocycles. The van der Waals surface area contributed by atoms with E-state index in [9.17, 15) is 4.79 Å². The van der Waals surface area contributed by atoms with Gasteiger partial charge < -0.3 is 10.1 Å². The van der Waals surface area contributed by atoms with Crippen LogP contribution >= 0.6 is 0 Å². The molecule has 0 bridgehead atoms. The topological polar surface area (TPSA) is 67.0 Å². The lowest BCUT2D eigenvalue weighted by molar-refractivity contribution is 0.0787. The smallest absolute Gasteiger partial charge is 0.252 e. The van der Waals surface area contributed by atoms with Crippen LogP contribution in [0.25, 0.3) is 11.3 Å². The number of aromatic nitrogens is 2. The first-order valence-corrected chi connectivity index (χ1v) is 7.17. The third kappa shape index (κ3) is 5.04. The molecule has 2 rings (SSSR count). The molecule has 1 aromatic heterocycles. The highest BCUT2D eigenvalue weighted by Crippen LogP contribution is 2.15. The van der Waals surface area contributed by atoms with Crippen molar-refractivity contribution in [2.45, 2.75) is 26.4 Å². The van der Waals surface area contributed by atoms with E-state index in [1.807, 2.05) is 44.2 Å². The standard InChI is InChI=1S/C16H21N3O2/c1-12(2)21-10-6-9-17-16-18-14(11-15(20)19-16)13-7-4-3-5-8-13/h3-5,7-8,11-12H,6,9-10H2,1-2H3,(H2,17,18,19,20). The molecule has 0 saturated heterocycles. The minimum Gasteiger partial charge on any atom is -0.379 e. The lowest BCUT2D eigenvalue weighted by atomic mass is 10.1. The van der Waals surface area contributed by atoms with E-state index in [1.165, 1.54) is 6.07 Å². The lowest BCUT2D eigenvalue weighted by Gasteiger charge is -2.09. The van der Waals surface area contributed by atoms with Gasteiger partial charge in [0.05, 0.1) is 11.8 Å². The third-order valence-electron chi connectivity index (χ3n) is 2.88. The van der Waals surface area contributed by atoms with E-state index in [0.29, 0.717) is 24.8 Å². The number of anilines is 1. The second kappa shape index (κ2) is 7.59. The number of rotatable bonds is 7. The molecule has 0 spiro atoms. The van der Waals surface area contributed by atoms with E-state index in [1.54, 1.807) is 0 Å². The summed E-state index contributed by atoms with van der Waals surface area (Å²) in [7, 11) is 0.